The highest BCUT2D eigenvalue weighted by Gasteiger charge is 2.31. The fourth-order valence-corrected chi connectivity index (χ4v) is 4.85. The van der Waals surface area contributed by atoms with E-state index in [1.807, 2.05) is 0 Å². The van der Waals surface area contributed by atoms with Crippen molar-refractivity contribution in [3.63, 3.8) is 0 Å². The SMILES string of the molecule is COc1cccc(OC)c1-n1c(NS(=O)(=O)[C@@H](C)Cc2ncc(F)cn2)nnc1C1CCOCC1. The summed E-state index contributed by atoms with van der Waals surface area (Å²) in [6.45, 7) is 2.64. The zero-order chi connectivity index (χ0) is 25.0. The van der Waals surface area contributed by atoms with Crippen LogP contribution >= 0.6 is 0 Å². The number of ether oxygens (including phenoxy) is 3. The fraction of sp³-hybridized carbons (Fsp3) is 0.455. The van der Waals surface area contributed by atoms with Crippen LogP contribution < -0.4 is 14.2 Å². The number of aromatic nitrogens is 5. The van der Waals surface area contributed by atoms with Gasteiger partial charge in [-0.15, -0.1) is 10.2 Å². The molecule has 0 bridgehead atoms. The minimum Gasteiger partial charge on any atom is -0.494 e. The Hall–Kier alpha value is -3.32. The van der Waals surface area contributed by atoms with Crippen LogP contribution in [0.2, 0.25) is 0 Å². The number of hydrogen-bond donors (Lipinski definition) is 1. The van der Waals surface area contributed by atoms with Crippen LogP contribution in [0.15, 0.2) is 30.6 Å². The minimum atomic E-state index is -3.96. The molecule has 1 aliphatic rings. The molecular formula is C22H27FN6O5S. The van der Waals surface area contributed by atoms with E-state index in [0.29, 0.717) is 49.1 Å². The van der Waals surface area contributed by atoms with Gasteiger partial charge in [0.05, 0.1) is 31.9 Å². The first-order valence-electron chi connectivity index (χ1n) is 11.1. The summed E-state index contributed by atoms with van der Waals surface area (Å²) < 4.78 is 60.4. The van der Waals surface area contributed by atoms with Crippen LogP contribution in [-0.4, -0.2) is 65.8 Å². The van der Waals surface area contributed by atoms with Crippen LogP contribution in [0.1, 0.15) is 37.3 Å². The lowest BCUT2D eigenvalue weighted by Crippen LogP contribution is -2.29. The summed E-state index contributed by atoms with van der Waals surface area (Å²) in [5, 5.41) is 7.61. The lowest BCUT2D eigenvalue weighted by atomic mass is 9.99. The third kappa shape index (κ3) is 5.35. The molecule has 1 aromatic carbocycles. The van der Waals surface area contributed by atoms with Gasteiger partial charge in [0.2, 0.25) is 16.0 Å². The molecular weight excluding hydrogens is 479 g/mol. The van der Waals surface area contributed by atoms with Crippen LogP contribution in [-0.2, 0) is 21.2 Å². The molecule has 0 radical (unpaired) electrons. The van der Waals surface area contributed by atoms with Crippen LogP contribution in [0.25, 0.3) is 5.69 Å². The predicted molar refractivity (Wildman–Crippen MR) is 125 cm³/mol. The highest BCUT2D eigenvalue weighted by Crippen LogP contribution is 2.38. The molecule has 0 amide bonds. The highest BCUT2D eigenvalue weighted by atomic mass is 32.2. The smallest absolute Gasteiger partial charge is 0.243 e. The van der Waals surface area contributed by atoms with Gasteiger partial charge in [-0.3, -0.25) is 9.29 Å². The Balaban J connectivity index is 1.74. The van der Waals surface area contributed by atoms with Gasteiger partial charge in [-0.2, -0.15) is 0 Å². The maximum absolute atomic E-state index is 13.2. The Kier molecular flexibility index (Phi) is 7.45. The predicted octanol–water partition coefficient (Wildman–Crippen LogP) is 2.48. The van der Waals surface area contributed by atoms with Crippen molar-refractivity contribution in [1.82, 2.24) is 24.7 Å². The molecule has 3 heterocycles. The molecule has 1 saturated heterocycles. The molecule has 11 nitrogen and oxygen atoms in total. The summed E-state index contributed by atoms with van der Waals surface area (Å²) in [7, 11) is -0.924. The largest absolute Gasteiger partial charge is 0.494 e. The second-order valence-electron chi connectivity index (χ2n) is 8.09. The number of nitrogens with one attached hydrogen (secondary N) is 1. The number of methoxy groups -OCH3 is 2. The first-order chi connectivity index (χ1) is 16.8. The first-order valence-corrected chi connectivity index (χ1v) is 12.6. The van der Waals surface area contributed by atoms with E-state index in [-0.39, 0.29) is 24.1 Å². The third-order valence-electron chi connectivity index (χ3n) is 5.81. The summed E-state index contributed by atoms with van der Waals surface area (Å²) in [6.07, 6.45) is 3.40. The molecule has 0 saturated carbocycles. The van der Waals surface area contributed by atoms with Gasteiger partial charge >= 0.3 is 0 Å². The van der Waals surface area contributed by atoms with Gasteiger partial charge in [0.15, 0.2) is 5.82 Å². The van der Waals surface area contributed by atoms with Crippen molar-refractivity contribution < 1.29 is 27.0 Å². The van der Waals surface area contributed by atoms with Gasteiger partial charge in [0.1, 0.15) is 28.8 Å². The standard InChI is InChI=1S/C22H27FN6O5S/c1-14(11-19-24-12-16(23)13-25-19)35(30,31)28-22-27-26-21(15-7-9-34-10-8-15)29(22)20-17(32-2)5-4-6-18(20)33-3/h4-6,12-15H,7-11H2,1-3H3,(H,27,28)/t14-/m0/s1. The Bertz CT molecular complexity index is 1240. The summed E-state index contributed by atoms with van der Waals surface area (Å²) in [4.78, 5) is 7.72. The van der Waals surface area contributed by atoms with Gasteiger partial charge < -0.3 is 14.2 Å². The molecule has 3 aromatic rings. The molecule has 1 N–H and O–H groups in total. The van der Waals surface area contributed by atoms with E-state index in [2.05, 4.69) is 24.9 Å². The summed E-state index contributed by atoms with van der Waals surface area (Å²) in [5.74, 6) is 1.11. The number of anilines is 1. The van der Waals surface area contributed by atoms with E-state index >= 15 is 0 Å². The quantitative estimate of drug-likeness (QED) is 0.465. The van der Waals surface area contributed by atoms with Crippen molar-refractivity contribution in [2.45, 2.75) is 37.4 Å². The number of sulfonamides is 1. The van der Waals surface area contributed by atoms with Gasteiger partial charge in [-0.1, -0.05) is 6.07 Å². The van der Waals surface area contributed by atoms with E-state index in [1.165, 1.54) is 21.1 Å². The van der Waals surface area contributed by atoms with Crippen LogP contribution in [0.5, 0.6) is 11.5 Å². The molecule has 0 spiro atoms. The summed E-state index contributed by atoms with van der Waals surface area (Å²) in [6, 6.07) is 5.27. The van der Waals surface area contributed by atoms with E-state index in [0.717, 1.165) is 12.4 Å². The van der Waals surface area contributed by atoms with E-state index < -0.39 is 21.1 Å². The molecule has 4 rings (SSSR count). The van der Waals surface area contributed by atoms with E-state index in [9.17, 15) is 12.8 Å². The van der Waals surface area contributed by atoms with Crippen molar-refractivity contribution in [3.8, 4) is 17.2 Å². The number of hydrogen-bond acceptors (Lipinski definition) is 9. The highest BCUT2D eigenvalue weighted by molar-refractivity contribution is 7.93. The number of para-hydroxylation sites is 1. The number of nitrogens with zero attached hydrogens (tertiary/aromatic N) is 5. The number of halogens is 1. The molecule has 0 aliphatic carbocycles. The maximum Gasteiger partial charge on any atom is 0.243 e. The molecule has 35 heavy (non-hydrogen) atoms. The molecule has 188 valence electrons. The van der Waals surface area contributed by atoms with Gasteiger partial charge in [-0.05, 0) is 31.9 Å². The molecule has 1 aliphatic heterocycles. The molecule has 1 fully saturated rings. The Morgan fingerprint density at radius 3 is 2.37 bits per heavy atom. The van der Waals surface area contributed by atoms with Crippen molar-refractivity contribution in [3.05, 3.63) is 48.1 Å². The molecule has 0 unspecified atom stereocenters. The zero-order valence-electron chi connectivity index (χ0n) is 19.6. The number of benzene rings is 1. The number of rotatable bonds is 9. The molecule has 13 heteroatoms. The van der Waals surface area contributed by atoms with Crippen LogP contribution in [0.3, 0.4) is 0 Å². The van der Waals surface area contributed by atoms with E-state index in [1.54, 1.807) is 22.8 Å². The Morgan fingerprint density at radius 2 is 1.77 bits per heavy atom. The lowest BCUT2D eigenvalue weighted by Gasteiger charge is -2.24. The first kappa shape index (κ1) is 24.8. The van der Waals surface area contributed by atoms with Gasteiger partial charge in [-0.25, -0.2) is 22.8 Å². The molecule has 1 atom stereocenters. The average molecular weight is 507 g/mol. The average Bonchev–Trinajstić information content (AvgIpc) is 3.27. The van der Waals surface area contributed by atoms with Crippen molar-refractivity contribution in [2.75, 3.05) is 32.2 Å². The lowest BCUT2D eigenvalue weighted by molar-refractivity contribution is 0.0832. The fourth-order valence-electron chi connectivity index (χ4n) is 3.89. The van der Waals surface area contributed by atoms with E-state index in [4.69, 9.17) is 14.2 Å². The van der Waals surface area contributed by atoms with Gasteiger partial charge in [0.25, 0.3) is 0 Å². The normalized spacial score (nSPS) is 15.5. The third-order valence-corrected chi connectivity index (χ3v) is 7.50. The Labute approximate surface area is 202 Å². The van der Waals surface area contributed by atoms with Gasteiger partial charge in [0, 0.05) is 25.6 Å². The second-order valence-corrected chi connectivity index (χ2v) is 10.2. The topological polar surface area (TPSA) is 130 Å². The van der Waals surface area contributed by atoms with Crippen LogP contribution in [0, 0.1) is 5.82 Å². The van der Waals surface area contributed by atoms with Crippen LogP contribution in [0.4, 0.5) is 10.3 Å². The van der Waals surface area contributed by atoms with Crippen molar-refractivity contribution in [2.24, 2.45) is 0 Å². The monoisotopic (exact) mass is 506 g/mol. The summed E-state index contributed by atoms with van der Waals surface area (Å²) in [5.41, 5.74) is 0.483. The minimum absolute atomic E-state index is 0.00108. The zero-order valence-corrected chi connectivity index (χ0v) is 20.5. The van der Waals surface area contributed by atoms with Crippen molar-refractivity contribution in [1.29, 1.82) is 0 Å². The van der Waals surface area contributed by atoms with Crippen molar-refractivity contribution >= 4 is 16.0 Å². The summed E-state index contributed by atoms with van der Waals surface area (Å²) >= 11 is 0. The Morgan fingerprint density at radius 1 is 1.14 bits per heavy atom. The molecule has 2 aromatic heterocycles. The second kappa shape index (κ2) is 10.5. The maximum atomic E-state index is 13.2.